The van der Waals surface area contributed by atoms with E-state index >= 15 is 0 Å². The van der Waals surface area contributed by atoms with Gasteiger partial charge in [0.1, 0.15) is 30.0 Å². The summed E-state index contributed by atoms with van der Waals surface area (Å²) in [5.41, 5.74) is 1.59. The van der Waals surface area contributed by atoms with Crippen molar-refractivity contribution in [1.29, 1.82) is 0 Å². The van der Waals surface area contributed by atoms with Crippen LogP contribution >= 0.6 is 0 Å². The summed E-state index contributed by atoms with van der Waals surface area (Å²) in [5.74, 6) is -2.22. The van der Waals surface area contributed by atoms with Crippen molar-refractivity contribution >= 4 is 22.0 Å². The first-order valence-corrected chi connectivity index (χ1v) is 11.6. The number of nitrogens with zero attached hydrogens (tertiary/aromatic N) is 2. The number of benzene rings is 2. The number of halogens is 2. The lowest BCUT2D eigenvalue weighted by molar-refractivity contribution is -0.136. The molecule has 1 aliphatic heterocycles. The number of carbonyl (C=O) groups excluding carboxylic acids is 2. The predicted octanol–water partition coefficient (Wildman–Crippen LogP) is 1.45. The number of piperazine rings is 1. The van der Waals surface area contributed by atoms with Crippen LogP contribution in [0.1, 0.15) is 12.5 Å². The van der Waals surface area contributed by atoms with Gasteiger partial charge in [-0.15, -0.1) is 0 Å². The first-order valence-electron chi connectivity index (χ1n) is 10.2. The van der Waals surface area contributed by atoms with Gasteiger partial charge < -0.3 is 15.0 Å². The third-order valence-corrected chi connectivity index (χ3v) is 7.41. The van der Waals surface area contributed by atoms with Gasteiger partial charge in [-0.2, -0.15) is 4.31 Å². The van der Waals surface area contributed by atoms with Crippen molar-refractivity contribution in [1.82, 2.24) is 20.0 Å². The zero-order valence-corrected chi connectivity index (χ0v) is 19.2. The lowest BCUT2D eigenvalue weighted by atomic mass is 10.1. The molecule has 1 heterocycles. The number of ether oxygens (including phenoxy) is 1. The Labute approximate surface area is 195 Å². The van der Waals surface area contributed by atoms with Crippen LogP contribution in [-0.4, -0.2) is 67.0 Å². The number of hydrogen-bond donors (Lipinski definition) is 3. The molecule has 3 N–H and O–H groups in total. The van der Waals surface area contributed by atoms with Gasteiger partial charge in [0.05, 0.1) is 10.9 Å². The summed E-state index contributed by atoms with van der Waals surface area (Å²) < 4.78 is 59.7. The highest BCUT2D eigenvalue weighted by molar-refractivity contribution is 7.89. The number of amides is 3. The highest BCUT2D eigenvalue weighted by Gasteiger charge is 2.45. The first-order chi connectivity index (χ1) is 16.1. The molecule has 0 radical (unpaired) electrons. The zero-order chi connectivity index (χ0) is 25.0. The molecule has 2 aromatic rings. The van der Waals surface area contributed by atoms with E-state index < -0.39 is 45.7 Å². The largest absolute Gasteiger partial charge is 0.489 e. The van der Waals surface area contributed by atoms with Crippen LogP contribution in [0.15, 0.2) is 47.4 Å². The van der Waals surface area contributed by atoms with Gasteiger partial charge in [0.2, 0.25) is 10.0 Å². The zero-order valence-electron chi connectivity index (χ0n) is 18.4. The van der Waals surface area contributed by atoms with E-state index in [2.05, 4.69) is 5.32 Å². The summed E-state index contributed by atoms with van der Waals surface area (Å²) in [5, 5.41) is 11.6. The second kappa shape index (κ2) is 10.3. The molecule has 0 aliphatic carbocycles. The van der Waals surface area contributed by atoms with Crippen LogP contribution in [0.25, 0.3) is 0 Å². The molecule has 2 aromatic carbocycles. The predicted molar refractivity (Wildman–Crippen MR) is 115 cm³/mol. The van der Waals surface area contributed by atoms with Gasteiger partial charge in [0.25, 0.3) is 5.91 Å². The van der Waals surface area contributed by atoms with Crippen LogP contribution in [0.3, 0.4) is 0 Å². The van der Waals surface area contributed by atoms with Gasteiger partial charge in [-0.1, -0.05) is 0 Å². The number of nitrogens with one attached hydrogen (secondary N) is 2. The highest BCUT2D eigenvalue weighted by atomic mass is 32.2. The molecule has 1 fully saturated rings. The molecular formula is C21H24F2N4O6S. The molecule has 3 rings (SSSR count). The average molecular weight is 499 g/mol. The molecule has 184 valence electrons. The monoisotopic (exact) mass is 498 g/mol. The Hall–Kier alpha value is -3.29. The van der Waals surface area contributed by atoms with Crippen molar-refractivity contribution in [3.63, 3.8) is 0 Å². The first kappa shape index (κ1) is 25.3. The summed E-state index contributed by atoms with van der Waals surface area (Å²) in [4.78, 5) is 25.6. The van der Waals surface area contributed by atoms with Gasteiger partial charge in [0.15, 0.2) is 0 Å². The molecule has 0 aromatic heterocycles. The van der Waals surface area contributed by atoms with Gasteiger partial charge >= 0.3 is 6.03 Å². The van der Waals surface area contributed by atoms with E-state index in [9.17, 15) is 26.8 Å². The molecule has 0 saturated carbocycles. The minimum atomic E-state index is -4.20. The van der Waals surface area contributed by atoms with E-state index in [-0.39, 0.29) is 35.9 Å². The van der Waals surface area contributed by atoms with Crippen molar-refractivity contribution in [3.05, 3.63) is 59.7 Å². The van der Waals surface area contributed by atoms with Crippen LogP contribution in [0, 0.1) is 11.6 Å². The lowest BCUT2D eigenvalue weighted by Crippen LogP contribution is -2.66. The molecule has 3 amide bonds. The van der Waals surface area contributed by atoms with Crippen molar-refractivity contribution in [3.8, 4) is 5.75 Å². The third-order valence-electron chi connectivity index (χ3n) is 5.51. The maximum atomic E-state index is 13.8. The van der Waals surface area contributed by atoms with E-state index in [1.165, 1.54) is 54.7 Å². The molecule has 10 nitrogen and oxygen atoms in total. The van der Waals surface area contributed by atoms with Crippen LogP contribution in [0.2, 0.25) is 0 Å². The Bertz CT molecular complexity index is 1160. The van der Waals surface area contributed by atoms with Gasteiger partial charge in [-0.3, -0.25) is 10.0 Å². The Morgan fingerprint density at radius 2 is 1.82 bits per heavy atom. The number of rotatable bonds is 6. The van der Waals surface area contributed by atoms with Crippen LogP contribution in [-0.2, 0) is 21.4 Å². The van der Waals surface area contributed by atoms with E-state index in [0.29, 0.717) is 0 Å². The van der Waals surface area contributed by atoms with E-state index in [4.69, 9.17) is 9.94 Å². The molecule has 1 unspecified atom stereocenters. The summed E-state index contributed by atoms with van der Waals surface area (Å²) >= 11 is 0. The molecule has 1 saturated heterocycles. The quantitative estimate of drug-likeness (QED) is 0.409. The molecule has 0 spiro atoms. The van der Waals surface area contributed by atoms with Crippen molar-refractivity contribution in [2.45, 2.75) is 30.5 Å². The van der Waals surface area contributed by atoms with Crippen LogP contribution in [0.4, 0.5) is 13.6 Å². The number of hydroxylamine groups is 1. The smallest absolute Gasteiger partial charge is 0.317 e. The van der Waals surface area contributed by atoms with Gasteiger partial charge in [-0.05, 0) is 43.3 Å². The Morgan fingerprint density at radius 1 is 1.15 bits per heavy atom. The lowest BCUT2D eigenvalue weighted by Gasteiger charge is -2.43. The highest BCUT2D eigenvalue weighted by Crippen LogP contribution is 2.27. The molecule has 34 heavy (non-hydrogen) atoms. The van der Waals surface area contributed by atoms with Crippen molar-refractivity contribution in [2.75, 3.05) is 20.1 Å². The number of sulfonamides is 1. The maximum absolute atomic E-state index is 13.8. The van der Waals surface area contributed by atoms with Crippen molar-refractivity contribution < 1.29 is 36.7 Å². The van der Waals surface area contributed by atoms with E-state index in [1.807, 2.05) is 0 Å². The summed E-state index contributed by atoms with van der Waals surface area (Å²) in [6.07, 6.45) is 0. The average Bonchev–Trinajstić information content (AvgIpc) is 2.82. The Balaban J connectivity index is 1.80. The maximum Gasteiger partial charge on any atom is 0.317 e. The van der Waals surface area contributed by atoms with Crippen LogP contribution < -0.4 is 15.5 Å². The topological polar surface area (TPSA) is 128 Å². The van der Waals surface area contributed by atoms with Crippen LogP contribution in [0.5, 0.6) is 5.75 Å². The summed E-state index contributed by atoms with van der Waals surface area (Å²) in [7, 11) is -2.79. The summed E-state index contributed by atoms with van der Waals surface area (Å²) in [6.45, 7) is 1.15. The van der Waals surface area contributed by atoms with E-state index in [0.717, 1.165) is 16.4 Å². The molecule has 13 heteroatoms. The number of carbonyl (C=O) groups is 2. The second-order valence-corrected chi connectivity index (χ2v) is 9.41. The van der Waals surface area contributed by atoms with Gasteiger partial charge in [0, 0.05) is 31.8 Å². The Morgan fingerprint density at radius 3 is 2.41 bits per heavy atom. The number of urea groups is 1. The molecule has 2 atom stereocenters. The second-order valence-electron chi connectivity index (χ2n) is 7.52. The Kier molecular flexibility index (Phi) is 7.69. The van der Waals surface area contributed by atoms with Gasteiger partial charge in [-0.25, -0.2) is 27.5 Å². The van der Waals surface area contributed by atoms with E-state index in [1.54, 1.807) is 0 Å². The molecule has 1 aliphatic rings. The summed E-state index contributed by atoms with van der Waals surface area (Å²) in [6, 6.07) is 5.58. The van der Waals surface area contributed by atoms with Crippen molar-refractivity contribution in [2.24, 2.45) is 0 Å². The minimum Gasteiger partial charge on any atom is -0.489 e. The fourth-order valence-electron chi connectivity index (χ4n) is 3.72. The fourth-order valence-corrected chi connectivity index (χ4v) is 5.36. The molecular weight excluding hydrogens is 474 g/mol. The normalized spacial score (nSPS) is 18.9. The third kappa shape index (κ3) is 5.11. The standard InChI is InChI=1S/C21H24F2N4O6S/c1-13-19(20(28)25-30)27(10-9-26(13)21(29)24-2)34(31,32)17-7-5-16(6-8-17)33-12-14-3-4-15(22)11-18(14)23/h3-8,11,13,19,30H,9-10,12H2,1-2H3,(H,24,29)(H,25,28)/t13?,19-/m1/s1. The number of hydrogen-bond acceptors (Lipinski definition) is 6. The molecule has 0 bridgehead atoms. The fraction of sp³-hybridized carbons (Fsp3) is 0.333. The minimum absolute atomic E-state index is 0.0275. The SMILES string of the molecule is CNC(=O)N1CCN(S(=O)(=O)c2ccc(OCc3ccc(F)cc3F)cc2)[C@@H](C(=O)NO)C1C.